The van der Waals surface area contributed by atoms with E-state index in [1.54, 1.807) is 11.0 Å². The molecule has 0 fully saturated rings. The summed E-state index contributed by atoms with van der Waals surface area (Å²) in [7, 11) is 0. The first kappa shape index (κ1) is 13.1. The van der Waals surface area contributed by atoms with E-state index in [4.69, 9.17) is 0 Å². The van der Waals surface area contributed by atoms with Crippen molar-refractivity contribution < 1.29 is 9.90 Å². The van der Waals surface area contributed by atoms with E-state index in [1.807, 2.05) is 38.1 Å². The number of aromatic hydroxyl groups is 1. The van der Waals surface area contributed by atoms with E-state index in [9.17, 15) is 9.90 Å². The first-order valence-corrected chi connectivity index (χ1v) is 6.16. The molecule has 0 aliphatic heterocycles. The van der Waals surface area contributed by atoms with Crippen molar-refractivity contribution in [2.24, 2.45) is 0 Å². The van der Waals surface area contributed by atoms with Crippen molar-refractivity contribution in [2.45, 2.75) is 13.8 Å². The van der Waals surface area contributed by atoms with Crippen molar-refractivity contribution >= 4 is 11.6 Å². The quantitative estimate of drug-likeness (QED) is 0.918. The maximum atomic E-state index is 12.4. The van der Waals surface area contributed by atoms with Crippen LogP contribution < -0.4 is 4.90 Å². The summed E-state index contributed by atoms with van der Waals surface area (Å²) in [6, 6.07) is 10.7. The molecule has 2 aromatic rings. The van der Waals surface area contributed by atoms with Gasteiger partial charge in [-0.1, -0.05) is 12.1 Å². The molecule has 0 aliphatic rings. The maximum Gasteiger partial charge on any atom is 0.280 e. The van der Waals surface area contributed by atoms with Gasteiger partial charge in [0.15, 0.2) is 5.69 Å². The van der Waals surface area contributed by atoms with Crippen LogP contribution in [0.1, 0.15) is 23.0 Å². The highest BCUT2D eigenvalue weighted by Gasteiger charge is 2.20. The van der Waals surface area contributed by atoms with E-state index < -0.39 is 0 Å². The molecular weight excluding hydrogens is 240 g/mol. The summed E-state index contributed by atoms with van der Waals surface area (Å²) in [5, 5.41) is 9.72. The second-order valence-corrected chi connectivity index (χ2v) is 4.26. The van der Waals surface area contributed by atoms with Gasteiger partial charge in [0.2, 0.25) is 0 Å². The Hall–Kier alpha value is -2.36. The van der Waals surface area contributed by atoms with Crippen molar-refractivity contribution in [1.29, 1.82) is 0 Å². The second kappa shape index (κ2) is 5.52. The summed E-state index contributed by atoms with van der Waals surface area (Å²) in [5.74, 6) is -0.398. The number of hydrogen-bond donors (Lipinski definition) is 1. The number of pyridine rings is 1. The minimum absolute atomic E-state index is 0.0749. The largest absolute Gasteiger partial charge is 0.505 e. The molecule has 1 aromatic heterocycles. The van der Waals surface area contributed by atoms with E-state index in [0.717, 1.165) is 11.3 Å². The zero-order valence-corrected chi connectivity index (χ0v) is 11.0. The molecule has 1 amide bonds. The van der Waals surface area contributed by atoms with Crippen LogP contribution >= 0.6 is 0 Å². The van der Waals surface area contributed by atoms with Crippen molar-refractivity contribution in [3.05, 3.63) is 53.9 Å². The first-order valence-electron chi connectivity index (χ1n) is 6.16. The van der Waals surface area contributed by atoms with Gasteiger partial charge in [0, 0.05) is 18.4 Å². The van der Waals surface area contributed by atoms with Crippen LogP contribution in [0.2, 0.25) is 0 Å². The summed E-state index contributed by atoms with van der Waals surface area (Å²) in [6.07, 6.45) is 1.50. The lowest BCUT2D eigenvalue weighted by Crippen LogP contribution is -2.31. The number of nitrogens with zero attached hydrogens (tertiary/aromatic N) is 2. The molecule has 1 heterocycles. The van der Waals surface area contributed by atoms with E-state index in [0.29, 0.717) is 6.54 Å². The lowest BCUT2D eigenvalue weighted by atomic mass is 10.2. The van der Waals surface area contributed by atoms with Crippen molar-refractivity contribution in [3.63, 3.8) is 0 Å². The molecule has 0 saturated carbocycles. The Morgan fingerprint density at radius 3 is 2.74 bits per heavy atom. The molecule has 0 spiro atoms. The zero-order valence-electron chi connectivity index (χ0n) is 11.0. The van der Waals surface area contributed by atoms with Gasteiger partial charge < -0.3 is 10.0 Å². The van der Waals surface area contributed by atoms with E-state index >= 15 is 0 Å². The standard InChI is InChI=1S/C15H16N2O2/c1-3-17(12-7-4-6-11(2)10-12)15(19)14-13(18)8-5-9-16-14/h4-10,18H,3H2,1-2H3. The van der Waals surface area contributed by atoms with Crippen LogP contribution in [-0.4, -0.2) is 22.5 Å². The normalized spacial score (nSPS) is 10.2. The maximum absolute atomic E-state index is 12.4. The molecule has 0 aliphatic carbocycles. The van der Waals surface area contributed by atoms with E-state index in [2.05, 4.69) is 4.98 Å². The van der Waals surface area contributed by atoms with Gasteiger partial charge in [-0.05, 0) is 43.7 Å². The minimum atomic E-state index is -0.300. The van der Waals surface area contributed by atoms with Gasteiger partial charge in [-0.25, -0.2) is 4.98 Å². The minimum Gasteiger partial charge on any atom is -0.505 e. The zero-order chi connectivity index (χ0) is 13.8. The fourth-order valence-corrected chi connectivity index (χ4v) is 1.93. The molecule has 98 valence electrons. The Kier molecular flexibility index (Phi) is 3.80. The highest BCUT2D eigenvalue weighted by molar-refractivity contribution is 6.06. The third-order valence-corrected chi connectivity index (χ3v) is 2.86. The topological polar surface area (TPSA) is 53.4 Å². The Morgan fingerprint density at radius 2 is 2.11 bits per heavy atom. The van der Waals surface area contributed by atoms with Gasteiger partial charge in [0.25, 0.3) is 5.91 Å². The predicted octanol–water partition coefficient (Wildman–Crippen LogP) is 2.76. The highest BCUT2D eigenvalue weighted by Crippen LogP contribution is 2.21. The number of anilines is 1. The highest BCUT2D eigenvalue weighted by atomic mass is 16.3. The SMILES string of the molecule is CCN(C(=O)c1ncccc1O)c1cccc(C)c1. The van der Waals surface area contributed by atoms with Crippen molar-refractivity contribution in [1.82, 2.24) is 4.98 Å². The summed E-state index contributed by atoms with van der Waals surface area (Å²) in [5.41, 5.74) is 1.96. The smallest absolute Gasteiger partial charge is 0.280 e. The second-order valence-electron chi connectivity index (χ2n) is 4.26. The lowest BCUT2D eigenvalue weighted by molar-refractivity contribution is 0.0980. The molecule has 19 heavy (non-hydrogen) atoms. The number of carbonyl (C=O) groups excluding carboxylic acids is 1. The monoisotopic (exact) mass is 256 g/mol. The average molecular weight is 256 g/mol. The third kappa shape index (κ3) is 2.73. The molecule has 0 radical (unpaired) electrons. The Labute approximate surface area is 112 Å². The number of amides is 1. The van der Waals surface area contributed by atoms with Gasteiger partial charge in [0.05, 0.1) is 0 Å². The molecule has 1 N–H and O–H groups in total. The Bertz CT molecular complexity index is 596. The molecular formula is C15H16N2O2. The molecule has 2 rings (SSSR count). The molecule has 0 unspecified atom stereocenters. The predicted molar refractivity (Wildman–Crippen MR) is 74.4 cm³/mol. The average Bonchev–Trinajstić information content (AvgIpc) is 2.40. The Morgan fingerprint density at radius 1 is 1.32 bits per heavy atom. The van der Waals surface area contributed by atoms with Crippen LogP contribution in [0.3, 0.4) is 0 Å². The van der Waals surface area contributed by atoms with Gasteiger partial charge >= 0.3 is 0 Å². The molecule has 4 nitrogen and oxygen atoms in total. The molecule has 0 saturated heterocycles. The van der Waals surface area contributed by atoms with E-state index in [1.165, 1.54) is 12.3 Å². The van der Waals surface area contributed by atoms with Gasteiger partial charge in [-0.15, -0.1) is 0 Å². The van der Waals surface area contributed by atoms with Crippen LogP contribution in [0.5, 0.6) is 5.75 Å². The third-order valence-electron chi connectivity index (χ3n) is 2.86. The van der Waals surface area contributed by atoms with Crippen molar-refractivity contribution in [3.8, 4) is 5.75 Å². The van der Waals surface area contributed by atoms with Crippen LogP contribution in [-0.2, 0) is 0 Å². The first-order chi connectivity index (χ1) is 9.13. The number of aryl methyl sites for hydroxylation is 1. The van der Waals surface area contributed by atoms with Crippen LogP contribution in [0.15, 0.2) is 42.6 Å². The number of hydrogen-bond acceptors (Lipinski definition) is 3. The fraction of sp³-hybridized carbons (Fsp3) is 0.200. The molecule has 0 bridgehead atoms. The molecule has 0 atom stereocenters. The number of benzene rings is 1. The summed E-state index contributed by atoms with van der Waals surface area (Å²) < 4.78 is 0. The number of aromatic nitrogens is 1. The number of rotatable bonds is 3. The molecule has 1 aromatic carbocycles. The van der Waals surface area contributed by atoms with E-state index in [-0.39, 0.29) is 17.4 Å². The van der Waals surface area contributed by atoms with Crippen LogP contribution in [0.25, 0.3) is 0 Å². The number of carbonyl (C=O) groups is 1. The Balaban J connectivity index is 2.38. The summed E-state index contributed by atoms with van der Waals surface area (Å²) in [6.45, 7) is 4.37. The van der Waals surface area contributed by atoms with Crippen LogP contribution in [0, 0.1) is 6.92 Å². The van der Waals surface area contributed by atoms with Gasteiger partial charge in [-0.3, -0.25) is 4.79 Å². The summed E-state index contributed by atoms with van der Waals surface area (Å²) >= 11 is 0. The van der Waals surface area contributed by atoms with Gasteiger partial charge in [-0.2, -0.15) is 0 Å². The molecule has 4 heteroatoms. The van der Waals surface area contributed by atoms with Crippen molar-refractivity contribution in [2.75, 3.05) is 11.4 Å². The van der Waals surface area contributed by atoms with Gasteiger partial charge in [0.1, 0.15) is 5.75 Å². The lowest BCUT2D eigenvalue weighted by Gasteiger charge is -2.21. The van der Waals surface area contributed by atoms with Crippen LogP contribution in [0.4, 0.5) is 5.69 Å². The summed E-state index contributed by atoms with van der Waals surface area (Å²) in [4.78, 5) is 18.0. The fourth-order valence-electron chi connectivity index (χ4n) is 1.93.